The Morgan fingerprint density at radius 2 is 2.05 bits per heavy atom. The van der Waals surface area contributed by atoms with Crippen LogP contribution < -0.4 is 10.6 Å². The summed E-state index contributed by atoms with van der Waals surface area (Å²) in [6, 6.07) is 8.60. The van der Waals surface area contributed by atoms with E-state index in [9.17, 15) is 4.79 Å². The summed E-state index contributed by atoms with van der Waals surface area (Å²) >= 11 is 12.0. The maximum absolute atomic E-state index is 12.3. The minimum absolute atomic E-state index is 0.310. The van der Waals surface area contributed by atoms with Gasteiger partial charge in [0.2, 0.25) is 0 Å². The van der Waals surface area contributed by atoms with Gasteiger partial charge in [-0.3, -0.25) is 9.78 Å². The molecule has 0 atom stereocenters. The SMILES string of the molecule is CC(C)CNc1ccnc(C(=O)Nc2cccc(Cl)c2Cl)c1. The summed E-state index contributed by atoms with van der Waals surface area (Å²) in [5, 5.41) is 6.67. The molecule has 2 aromatic rings. The number of hydrogen-bond donors (Lipinski definition) is 2. The van der Waals surface area contributed by atoms with E-state index in [0.717, 1.165) is 12.2 Å². The van der Waals surface area contributed by atoms with Gasteiger partial charge >= 0.3 is 0 Å². The highest BCUT2D eigenvalue weighted by molar-refractivity contribution is 6.44. The lowest BCUT2D eigenvalue weighted by molar-refractivity contribution is 0.102. The topological polar surface area (TPSA) is 54.0 Å². The van der Waals surface area contributed by atoms with Gasteiger partial charge in [0.15, 0.2) is 0 Å². The average molecular weight is 338 g/mol. The molecule has 2 N–H and O–H groups in total. The molecule has 4 nitrogen and oxygen atoms in total. The Hall–Kier alpha value is -1.78. The maximum atomic E-state index is 12.3. The van der Waals surface area contributed by atoms with Gasteiger partial charge in [0, 0.05) is 18.4 Å². The maximum Gasteiger partial charge on any atom is 0.274 e. The first kappa shape index (κ1) is 16.6. The number of halogens is 2. The molecule has 22 heavy (non-hydrogen) atoms. The predicted molar refractivity (Wildman–Crippen MR) is 92.0 cm³/mol. The van der Waals surface area contributed by atoms with Gasteiger partial charge in [-0.05, 0) is 30.2 Å². The molecular weight excluding hydrogens is 321 g/mol. The highest BCUT2D eigenvalue weighted by Gasteiger charge is 2.12. The molecule has 2 rings (SSSR count). The van der Waals surface area contributed by atoms with Crippen molar-refractivity contribution in [2.45, 2.75) is 13.8 Å². The Morgan fingerprint density at radius 3 is 2.77 bits per heavy atom. The minimum atomic E-state index is -0.336. The van der Waals surface area contributed by atoms with E-state index in [2.05, 4.69) is 29.5 Å². The second-order valence-corrected chi connectivity index (χ2v) is 6.05. The highest BCUT2D eigenvalue weighted by atomic mass is 35.5. The van der Waals surface area contributed by atoms with E-state index in [4.69, 9.17) is 23.2 Å². The molecule has 116 valence electrons. The number of carbonyl (C=O) groups is 1. The van der Waals surface area contributed by atoms with Gasteiger partial charge in [0.25, 0.3) is 5.91 Å². The lowest BCUT2D eigenvalue weighted by atomic mass is 10.2. The normalized spacial score (nSPS) is 10.6. The third-order valence-electron chi connectivity index (χ3n) is 2.91. The summed E-state index contributed by atoms with van der Waals surface area (Å²) in [5.74, 6) is 0.174. The molecule has 0 aliphatic carbocycles. The van der Waals surface area contributed by atoms with Crippen LogP contribution in [-0.2, 0) is 0 Å². The number of carbonyl (C=O) groups excluding carboxylic acids is 1. The Kier molecular flexibility index (Phi) is 5.63. The van der Waals surface area contributed by atoms with E-state index in [1.807, 2.05) is 6.07 Å². The number of benzene rings is 1. The molecule has 1 amide bonds. The average Bonchev–Trinajstić information content (AvgIpc) is 2.50. The quantitative estimate of drug-likeness (QED) is 0.830. The van der Waals surface area contributed by atoms with Crippen molar-refractivity contribution in [3.63, 3.8) is 0 Å². The van der Waals surface area contributed by atoms with Gasteiger partial charge in [-0.1, -0.05) is 43.1 Å². The largest absolute Gasteiger partial charge is 0.385 e. The summed E-state index contributed by atoms with van der Waals surface area (Å²) in [5.41, 5.74) is 1.62. The van der Waals surface area contributed by atoms with Gasteiger partial charge in [-0.15, -0.1) is 0 Å². The van der Waals surface area contributed by atoms with Crippen molar-refractivity contribution in [1.29, 1.82) is 0 Å². The van der Waals surface area contributed by atoms with Crippen molar-refractivity contribution in [2.75, 3.05) is 17.2 Å². The third-order valence-corrected chi connectivity index (χ3v) is 3.73. The Labute approximate surface area is 139 Å². The molecule has 0 fully saturated rings. The molecule has 1 heterocycles. The Morgan fingerprint density at radius 1 is 1.27 bits per heavy atom. The van der Waals surface area contributed by atoms with Gasteiger partial charge in [0.05, 0.1) is 15.7 Å². The molecule has 0 saturated carbocycles. The Bertz CT molecular complexity index is 674. The standard InChI is InChI=1S/C16H17Cl2N3O/c1-10(2)9-20-11-6-7-19-14(8-11)16(22)21-13-5-3-4-12(17)15(13)18/h3-8,10H,9H2,1-2H3,(H,19,20)(H,21,22). The zero-order chi connectivity index (χ0) is 16.1. The molecule has 0 aliphatic rings. The first-order chi connectivity index (χ1) is 10.5. The molecule has 1 aromatic carbocycles. The van der Waals surface area contributed by atoms with E-state index in [-0.39, 0.29) is 5.91 Å². The van der Waals surface area contributed by atoms with E-state index < -0.39 is 0 Å². The van der Waals surface area contributed by atoms with Gasteiger partial charge < -0.3 is 10.6 Å². The van der Waals surface area contributed by atoms with E-state index in [1.165, 1.54) is 0 Å². The zero-order valence-corrected chi connectivity index (χ0v) is 13.9. The molecule has 1 aromatic heterocycles. The van der Waals surface area contributed by atoms with E-state index in [0.29, 0.717) is 27.3 Å². The summed E-state index contributed by atoms with van der Waals surface area (Å²) in [4.78, 5) is 16.4. The number of hydrogen-bond acceptors (Lipinski definition) is 3. The summed E-state index contributed by atoms with van der Waals surface area (Å²) in [7, 11) is 0. The zero-order valence-electron chi connectivity index (χ0n) is 12.4. The number of amides is 1. The van der Waals surface area contributed by atoms with Crippen LogP contribution in [0.15, 0.2) is 36.5 Å². The lowest BCUT2D eigenvalue weighted by Crippen LogP contribution is -2.15. The van der Waals surface area contributed by atoms with Crippen molar-refractivity contribution in [1.82, 2.24) is 4.98 Å². The molecule has 0 spiro atoms. The number of anilines is 2. The number of rotatable bonds is 5. The number of pyridine rings is 1. The summed E-state index contributed by atoms with van der Waals surface area (Å²) in [6.07, 6.45) is 1.59. The van der Waals surface area contributed by atoms with Gasteiger partial charge in [0.1, 0.15) is 5.69 Å². The second kappa shape index (κ2) is 7.47. The predicted octanol–water partition coefficient (Wildman–Crippen LogP) is 4.71. The summed E-state index contributed by atoms with van der Waals surface area (Å²) in [6.45, 7) is 5.05. The lowest BCUT2D eigenvalue weighted by Gasteiger charge is -2.11. The smallest absolute Gasteiger partial charge is 0.274 e. The highest BCUT2D eigenvalue weighted by Crippen LogP contribution is 2.29. The number of nitrogens with one attached hydrogen (secondary N) is 2. The summed E-state index contributed by atoms with van der Waals surface area (Å²) < 4.78 is 0. The third kappa shape index (κ3) is 4.36. The first-order valence-electron chi connectivity index (χ1n) is 6.92. The fraction of sp³-hybridized carbons (Fsp3) is 0.250. The molecule has 0 aliphatic heterocycles. The molecule has 0 unspecified atom stereocenters. The van der Waals surface area contributed by atoms with Crippen LogP contribution in [0.5, 0.6) is 0 Å². The van der Waals surface area contributed by atoms with Crippen molar-refractivity contribution < 1.29 is 4.79 Å². The Balaban J connectivity index is 2.12. The van der Waals surface area contributed by atoms with Crippen molar-refractivity contribution >= 4 is 40.5 Å². The van der Waals surface area contributed by atoms with Gasteiger partial charge in [-0.2, -0.15) is 0 Å². The fourth-order valence-corrected chi connectivity index (χ4v) is 2.12. The van der Waals surface area contributed by atoms with Crippen LogP contribution in [0.4, 0.5) is 11.4 Å². The van der Waals surface area contributed by atoms with Crippen LogP contribution in [0.1, 0.15) is 24.3 Å². The van der Waals surface area contributed by atoms with Crippen molar-refractivity contribution in [3.8, 4) is 0 Å². The molecule has 0 saturated heterocycles. The monoisotopic (exact) mass is 337 g/mol. The first-order valence-corrected chi connectivity index (χ1v) is 7.68. The second-order valence-electron chi connectivity index (χ2n) is 5.26. The number of nitrogens with zero attached hydrogens (tertiary/aromatic N) is 1. The van der Waals surface area contributed by atoms with Crippen molar-refractivity contribution in [3.05, 3.63) is 52.3 Å². The minimum Gasteiger partial charge on any atom is -0.385 e. The molecule has 0 bridgehead atoms. The van der Waals surface area contributed by atoms with Crippen LogP contribution in [0, 0.1) is 5.92 Å². The molecule has 0 radical (unpaired) electrons. The van der Waals surface area contributed by atoms with Crippen LogP contribution in [0.25, 0.3) is 0 Å². The van der Waals surface area contributed by atoms with Crippen LogP contribution in [0.2, 0.25) is 10.0 Å². The van der Waals surface area contributed by atoms with Gasteiger partial charge in [-0.25, -0.2) is 0 Å². The number of aromatic nitrogens is 1. The molecule has 6 heteroatoms. The van der Waals surface area contributed by atoms with Crippen LogP contribution >= 0.6 is 23.2 Å². The fourth-order valence-electron chi connectivity index (χ4n) is 1.77. The van der Waals surface area contributed by atoms with Crippen LogP contribution in [-0.4, -0.2) is 17.4 Å². The van der Waals surface area contributed by atoms with E-state index in [1.54, 1.807) is 30.5 Å². The molecular formula is C16H17Cl2N3O. The van der Waals surface area contributed by atoms with Crippen LogP contribution in [0.3, 0.4) is 0 Å². The van der Waals surface area contributed by atoms with E-state index >= 15 is 0 Å². The van der Waals surface area contributed by atoms with Crippen molar-refractivity contribution in [2.24, 2.45) is 5.92 Å².